The number of aromatic nitrogens is 2. The van der Waals surface area contributed by atoms with Gasteiger partial charge in [-0.25, -0.2) is 20.2 Å². The lowest BCUT2D eigenvalue weighted by atomic mass is 10.2. The number of halogens is 1. The highest BCUT2D eigenvalue weighted by atomic mass is 35.5. The van der Waals surface area contributed by atoms with Crippen molar-refractivity contribution in [2.24, 2.45) is 5.10 Å². The first-order chi connectivity index (χ1) is 8.29. The zero-order chi connectivity index (χ0) is 13.8. The smallest absolute Gasteiger partial charge is 0.428 e. The number of amides is 1. The molecule has 18 heavy (non-hydrogen) atoms. The molecule has 7 nitrogen and oxygen atoms in total. The highest BCUT2D eigenvalue weighted by Crippen LogP contribution is 2.14. The lowest BCUT2D eigenvalue weighted by Gasteiger charge is -2.18. The molecular formula is C10H14ClN5O2. The Bertz CT molecular complexity index is 450. The average molecular weight is 272 g/mol. The van der Waals surface area contributed by atoms with E-state index in [4.69, 9.17) is 22.1 Å². The molecule has 0 unspecified atom stereocenters. The Hall–Kier alpha value is -1.89. The first-order valence-corrected chi connectivity index (χ1v) is 5.45. The van der Waals surface area contributed by atoms with Gasteiger partial charge in [-0.3, -0.25) is 0 Å². The van der Waals surface area contributed by atoms with Crippen molar-refractivity contribution >= 4 is 29.7 Å². The molecule has 0 saturated carbocycles. The molecule has 1 aromatic rings. The number of rotatable bonds is 2. The van der Waals surface area contributed by atoms with Crippen LogP contribution in [0.4, 0.5) is 10.6 Å². The number of hydrogen-bond donors (Lipinski definition) is 2. The van der Waals surface area contributed by atoms with Crippen LogP contribution in [0.2, 0.25) is 5.15 Å². The van der Waals surface area contributed by atoms with E-state index in [1.807, 2.05) is 0 Å². The summed E-state index contributed by atoms with van der Waals surface area (Å²) in [6.45, 7) is 5.24. The highest BCUT2D eigenvalue weighted by Gasteiger charge is 2.15. The van der Waals surface area contributed by atoms with Gasteiger partial charge in [0.15, 0.2) is 0 Å². The van der Waals surface area contributed by atoms with Gasteiger partial charge in [-0.05, 0) is 20.8 Å². The third kappa shape index (κ3) is 4.54. The number of ether oxygens (including phenoxy) is 1. The van der Waals surface area contributed by atoms with Crippen molar-refractivity contribution in [2.45, 2.75) is 26.4 Å². The molecule has 0 radical (unpaired) electrons. The Labute approximate surface area is 109 Å². The molecule has 8 heteroatoms. The fourth-order valence-corrected chi connectivity index (χ4v) is 1.15. The number of nitrogen functional groups attached to an aromatic ring is 1. The van der Waals surface area contributed by atoms with Crippen LogP contribution in [0.15, 0.2) is 11.4 Å². The van der Waals surface area contributed by atoms with Crippen molar-refractivity contribution in [1.29, 1.82) is 0 Å². The van der Waals surface area contributed by atoms with Gasteiger partial charge in [-0.2, -0.15) is 5.10 Å². The summed E-state index contributed by atoms with van der Waals surface area (Å²) in [6, 6.07) is 0. The Morgan fingerprint density at radius 3 is 2.78 bits per heavy atom. The first kappa shape index (κ1) is 14.2. The van der Waals surface area contributed by atoms with Gasteiger partial charge in [0.05, 0.1) is 11.8 Å². The monoisotopic (exact) mass is 271 g/mol. The van der Waals surface area contributed by atoms with Crippen LogP contribution in [-0.4, -0.2) is 27.9 Å². The van der Waals surface area contributed by atoms with Crippen molar-refractivity contribution in [3.8, 4) is 0 Å². The van der Waals surface area contributed by atoms with E-state index in [0.29, 0.717) is 5.56 Å². The second-order valence-corrected chi connectivity index (χ2v) is 4.69. The molecular weight excluding hydrogens is 258 g/mol. The van der Waals surface area contributed by atoms with E-state index in [-0.39, 0.29) is 11.0 Å². The van der Waals surface area contributed by atoms with Crippen molar-refractivity contribution in [3.63, 3.8) is 0 Å². The van der Waals surface area contributed by atoms with E-state index in [9.17, 15) is 4.79 Å². The number of nitrogens with zero attached hydrogens (tertiary/aromatic N) is 3. The van der Waals surface area contributed by atoms with Gasteiger partial charge in [0.2, 0.25) is 0 Å². The summed E-state index contributed by atoms with van der Waals surface area (Å²) in [5.74, 6) is 0.171. The van der Waals surface area contributed by atoms with Crippen LogP contribution in [0.5, 0.6) is 0 Å². The fourth-order valence-electron chi connectivity index (χ4n) is 0.956. The molecule has 1 aromatic heterocycles. The zero-order valence-electron chi connectivity index (χ0n) is 10.3. The van der Waals surface area contributed by atoms with Crippen molar-refractivity contribution in [2.75, 3.05) is 5.73 Å². The van der Waals surface area contributed by atoms with Crippen LogP contribution in [0, 0.1) is 0 Å². The van der Waals surface area contributed by atoms with Crippen LogP contribution in [0.1, 0.15) is 26.3 Å². The lowest BCUT2D eigenvalue weighted by molar-refractivity contribution is 0.0529. The molecule has 1 amide bonds. The lowest BCUT2D eigenvalue weighted by Crippen LogP contribution is -2.29. The van der Waals surface area contributed by atoms with E-state index in [0.717, 1.165) is 0 Å². The molecule has 3 N–H and O–H groups in total. The number of hydrazone groups is 1. The summed E-state index contributed by atoms with van der Waals surface area (Å²) < 4.78 is 4.98. The number of nitrogens with two attached hydrogens (primary N) is 1. The Balaban J connectivity index is 2.63. The molecule has 1 rings (SSSR count). The molecule has 0 atom stereocenters. The first-order valence-electron chi connectivity index (χ1n) is 5.07. The summed E-state index contributed by atoms with van der Waals surface area (Å²) >= 11 is 5.78. The van der Waals surface area contributed by atoms with Gasteiger partial charge in [0.25, 0.3) is 0 Å². The predicted molar refractivity (Wildman–Crippen MR) is 68.4 cm³/mol. The van der Waals surface area contributed by atoms with Gasteiger partial charge >= 0.3 is 6.09 Å². The maximum Gasteiger partial charge on any atom is 0.428 e. The summed E-state index contributed by atoms with van der Waals surface area (Å²) in [7, 11) is 0. The van der Waals surface area contributed by atoms with Crippen LogP contribution >= 0.6 is 11.6 Å². The molecule has 98 valence electrons. The third-order valence-electron chi connectivity index (χ3n) is 1.61. The Morgan fingerprint density at radius 1 is 1.56 bits per heavy atom. The second kappa shape index (κ2) is 5.63. The minimum atomic E-state index is -0.676. The van der Waals surface area contributed by atoms with Crippen LogP contribution in [0.25, 0.3) is 0 Å². The van der Waals surface area contributed by atoms with Crippen LogP contribution < -0.4 is 11.2 Å². The molecule has 1 heterocycles. The quantitative estimate of drug-likeness (QED) is 0.483. The van der Waals surface area contributed by atoms with E-state index in [2.05, 4.69) is 20.5 Å². The number of carbonyl (C=O) groups excluding carboxylic acids is 1. The van der Waals surface area contributed by atoms with E-state index >= 15 is 0 Å². The van der Waals surface area contributed by atoms with Gasteiger partial charge in [0.1, 0.15) is 22.9 Å². The number of nitrogens with one attached hydrogen (secondary N) is 1. The maximum absolute atomic E-state index is 11.3. The largest absolute Gasteiger partial charge is 0.443 e. The molecule has 0 aliphatic carbocycles. The summed E-state index contributed by atoms with van der Waals surface area (Å²) in [5, 5.41) is 3.80. The summed E-state index contributed by atoms with van der Waals surface area (Å²) in [4.78, 5) is 18.8. The molecule has 0 aliphatic rings. The van der Waals surface area contributed by atoms with E-state index in [1.54, 1.807) is 20.8 Å². The van der Waals surface area contributed by atoms with Gasteiger partial charge in [-0.15, -0.1) is 0 Å². The SMILES string of the molecule is CC(C)(C)OC(=O)NN=Cc1c(N)ncnc1Cl. The Kier molecular flexibility index (Phi) is 4.43. The van der Waals surface area contributed by atoms with Gasteiger partial charge < -0.3 is 10.5 Å². The summed E-state index contributed by atoms with van der Waals surface area (Å²) in [5.41, 5.74) is 7.49. The topological polar surface area (TPSA) is 102 Å². The predicted octanol–water partition coefficient (Wildman–Crippen LogP) is 1.57. The Morgan fingerprint density at radius 2 is 2.22 bits per heavy atom. The number of carbonyl (C=O) groups is 1. The van der Waals surface area contributed by atoms with Crippen LogP contribution in [0.3, 0.4) is 0 Å². The van der Waals surface area contributed by atoms with Crippen molar-refractivity contribution in [3.05, 3.63) is 17.0 Å². The minimum Gasteiger partial charge on any atom is -0.443 e. The van der Waals surface area contributed by atoms with E-state index in [1.165, 1.54) is 12.5 Å². The summed E-state index contributed by atoms with van der Waals surface area (Å²) in [6.07, 6.45) is 1.81. The normalized spacial score (nSPS) is 11.6. The van der Waals surface area contributed by atoms with Crippen LogP contribution in [-0.2, 0) is 4.74 Å². The minimum absolute atomic E-state index is 0.150. The zero-order valence-corrected chi connectivity index (χ0v) is 11.0. The van der Waals surface area contributed by atoms with Crippen molar-refractivity contribution in [1.82, 2.24) is 15.4 Å². The molecule has 0 aliphatic heterocycles. The average Bonchev–Trinajstić information content (AvgIpc) is 2.19. The molecule has 0 fully saturated rings. The maximum atomic E-state index is 11.3. The molecule has 0 saturated heterocycles. The number of hydrogen-bond acceptors (Lipinski definition) is 6. The highest BCUT2D eigenvalue weighted by molar-refractivity contribution is 6.32. The van der Waals surface area contributed by atoms with Gasteiger partial charge in [-0.1, -0.05) is 11.6 Å². The second-order valence-electron chi connectivity index (χ2n) is 4.34. The third-order valence-corrected chi connectivity index (χ3v) is 1.92. The fraction of sp³-hybridized carbons (Fsp3) is 0.400. The molecule has 0 bridgehead atoms. The van der Waals surface area contributed by atoms with Crippen molar-refractivity contribution < 1.29 is 9.53 Å². The molecule has 0 spiro atoms. The standard InChI is InChI=1S/C10H14ClN5O2/c1-10(2,3)18-9(17)16-15-4-6-7(11)13-5-14-8(6)12/h4-5H,1-3H3,(H,16,17)(H2,12,13,14). The number of anilines is 1. The van der Waals surface area contributed by atoms with E-state index < -0.39 is 11.7 Å². The molecule has 0 aromatic carbocycles. The van der Waals surface area contributed by atoms with Gasteiger partial charge in [0, 0.05) is 0 Å².